The summed E-state index contributed by atoms with van der Waals surface area (Å²) in [6, 6.07) is 13.6. The normalized spacial score (nSPS) is 30.8. The van der Waals surface area contributed by atoms with E-state index in [1.165, 1.54) is 16.2 Å². The van der Waals surface area contributed by atoms with E-state index in [0.29, 0.717) is 11.3 Å². The molecule has 0 unspecified atom stereocenters. The van der Waals surface area contributed by atoms with Gasteiger partial charge in [0.2, 0.25) is 11.8 Å². The third kappa shape index (κ3) is 3.22. The Morgan fingerprint density at radius 2 is 1.76 bits per heavy atom. The van der Waals surface area contributed by atoms with Crippen molar-refractivity contribution in [3.8, 4) is 5.75 Å². The smallest absolute Gasteiger partial charge is 0.338 e. The number of thiazole rings is 1. The minimum atomic E-state index is -0.449. The molecule has 1 aromatic heterocycles. The molecule has 0 spiro atoms. The number of carbonyl (C=O) groups is 3. The topological polar surface area (TPSA) is 117 Å². The molecule has 0 radical (unpaired) electrons. The van der Waals surface area contributed by atoms with E-state index in [0.717, 1.165) is 21.9 Å². The van der Waals surface area contributed by atoms with Gasteiger partial charge in [-0.15, -0.1) is 11.8 Å². The number of carbonyl (C=O) groups excluding carboxylic acids is 3. The third-order valence-corrected chi connectivity index (χ3v) is 11.2. The zero-order valence-corrected chi connectivity index (χ0v) is 22.0. The van der Waals surface area contributed by atoms with Crippen LogP contribution in [0, 0.1) is 29.6 Å². The van der Waals surface area contributed by atoms with Gasteiger partial charge >= 0.3 is 10.8 Å². The van der Waals surface area contributed by atoms with Crippen LogP contribution < -0.4 is 9.77 Å². The Bertz CT molecular complexity index is 1550. The fourth-order valence-corrected chi connectivity index (χ4v) is 10.2. The summed E-state index contributed by atoms with van der Waals surface area (Å²) in [4.78, 5) is 57.0. The van der Waals surface area contributed by atoms with Gasteiger partial charge in [0.15, 0.2) is 0 Å². The summed E-state index contributed by atoms with van der Waals surface area (Å²) in [7, 11) is 0. The van der Waals surface area contributed by atoms with Crippen molar-refractivity contribution in [2.75, 3.05) is 11.5 Å². The zero-order valence-electron chi connectivity index (χ0n) is 20.3. The number of rotatable bonds is 4. The molecule has 1 saturated heterocycles. The van der Waals surface area contributed by atoms with E-state index in [1.807, 2.05) is 12.1 Å². The molecule has 2 amide bonds. The third-order valence-electron chi connectivity index (χ3n) is 8.63. The Morgan fingerprint density at radius 3 is 2.47 bits per heavy atom. The largest absolute Gasteiger partial charge is 0.508 e. The van der Waals surface area contributed by atoms with Crippen LogP contribution in [-0.2, 0) is 14.3 Å². The molecule has 8 nitrogen and oxygen atoms in total. The minimum absolute atomic E-state index is 0.00911. The molecule has 3 heterocycles. The van der Waals surface area contributed by atoms with Gasteiger partial charge in [0.1, 0.15) is 5.75 Å². The zero-order chi connectivity index (χ0) is 26.3. The van der Waals surface area contributed by atoms with Crippen LogP contribution in [0.25, 0.3) is 0 Å². The standard InChI is InChI=1S/C28H24N2O6S2/c1-2-36-27(34)12-7-9-13(10-8-12)30-25(32)20-15-11-16(21(20)26(30)33)22-19(15)18(14-5-3-4-6-17(14)31)23-24(37-22)29-28(35)38-23/h3-10,15-16,18-22,31H,2,11H2,1H3,(H,29,35)/t15-,16-,18-,19-,20+,21-,22-/m1/s1. The summed E-state index contributed by atoms with van der Waals surface area (Å²) in [5, 5.41) is 11.7. The van der Waals surface area contributed by atoms with Gasteiger partial charge in [-0.05, 0) is 61.4 Å². The van der Waals surface area contributed by atoms with Crippen LogP contribution >= 0.6 is 23.1 Å². The number of nitrogens with zero attached hydrogens (tertiary/aromatic N) is 1. The van der Waals surface area contributed by atoms with E-state index in [4.69, 9.17) is 4.74 Å². The number of anilines is 1. The molecule has 2 bridgehead atoms. The van der Waals surface area contributed by atoms with Crippen LogP contribution in [0.15, 0.2) is 58.4 Å². The van der Waals surface area contributed by atoms with Gasteiger partial charge in [0.05, 0.1) is 34.7 Å². The van der Waals surface area contributed by atoms with E-state index >= 15 is 0 Å². The quantitative estimate of drug-likeness (QED) is 0.374. The first-order chi connectivity index (χ1) is 18.4. The summed E-state index contributed by atoms with van der Waals surface area (Å²) in [5.74, 6) is -1.79. The van der Waals surface area contributed by atoms with Crippen molar-refractivity contribution in [1.29, 1.82) is 0 Å². The Balaban J connectivity index is 1.26. The number of para-hydroxylation sites is 1. The van der Waals surface area contributed by atoms with Gasteiger partial charge in [-0.3, -0.25) is 19.3 Å². The van der Waals surface area contributed by atoms with E-state index in [2.05, 4.69) is 4.98 Å². The lowest BCUT2D eigenvalue weighted by molar-refractivity contribution is -0.123. The number of phenols is 1. The van der Waals surface area contributed by atoms with Crippen molar-refractivity contribution < 1.29 is 24.2 Å². The van der Waals surface area contributed by atoms with Gasteiger partial charge in [-0.25, -0.2) is 4.79 Å². The molecule has 3 aromatic rings. The molecular weight excluding hydrogens is 524 g/mol. The van der Waals surface area contributed by atoms with Gasteiger partial charge in [0.25, 0.3) is 0 Å². The number of aromatic hydroxyl groups is 1. The van der Waals surface area contributed by atoms with Gasteiger partial charge < -0.3 is 14.8 Å². The molecule has 7 rings (SSSR count). The van der Waals surface area contributed by atoms with Crippen LogP contribution in [0.3, 0.4) is 0 Å². The second-order valence-electron chi connectivity index (χ2n) is 10.3. The molecular formula is C28H24N2O6S2. The number of hydrogen-bond donors (Lipinski definition) is 2. The SMILES string of the molecule is CCOC(=O)c1ccc(N2C(=O)[C@@H]3[C@H]4C[C@@H]([C@@H]3C2=O)[C@@H]2[C@@H](c3ccccc3O)c3sc(=O)[nH]c3S[C@H]42)cc1. The number of phenolic OH excluding ortho intramolecular Hbond substituents is 1. The average Bonchev–Trinajstić information content (AvgIpc) is 3.64. The summed E-state index contributed by atoms with van der Waals surface area (Å²) in [6.07, 6.45) is 0.772. The lowest BCUT2D eigenvalue weighted by atomic mass is 9.68. The number of amides is 2. The lowest BCUT2D eigenvalue weighted by Crippen LogP contribution is -2.42. The molecule has 2 aliphatic heterocycles. The summed E-state index contributed by atoms with van der Waals surface area (Å²) in [5.41, 5.74) is 1.58. The highest BCUT2D eigenvalue weighted by molar-refractivity contribution is 8.00. The highest BCUT2D eigenvalue weighted by Crippen LogP contribution is 2.69. The van der Waals surface area contributed by atoms with Crippen LogP contribution in [-0.4, -0.2) is 39.7 Å². The van der Waals surface area contributed by atoms with Gasteiger partial charge in [-0.1, -0.05) is 29.5 Å². The predicted molar refractivity (Wildman–Crippen MR) is 141 cm³/mol. The number of aromatic amines is 1. The van der Waals surface area contributed by atoms with Crippen molar-refractivity contribution in [1.82, 2.24) is 4.98 Å². The maximum atomic E-state index is 13.8. The number of ether oxygens (including phenoxy) is 1. The molecule has 4 aliphatic rings. The number of esters is 1. The van der Waals surface area contributed by atoms with Crippen molar-refractivity contribution in [2.24, 2.45) is 29.6 Å². The van der Waals surface area contributed by atoms with Crippen molar-refractivity contribution in [3.05, 3.63) is 74.2 Å². The summed E-state index contributed by atoms with van der Waals surface area (Å²) in [6.45, 7) is 2.00. The summed E-state index contributed by atoms with van der Waals surface area (Å²) >= 11 is 2.78. The molecule has 2 aromatic carbocycles. The fourth-order valence-electron chi connectivity index (χ4n) is 7.33. The fraction of sp³-hybridized carbons (Fsp3) is 0.357. The number of hydrogen-bond acceptors (Lipinski definition) is 8. The Kier molecular flexibility index (Phi) is 5.35. The van der Waals surface area contributed by atoms with Crippen LogP contribution in [0.2, 0.25) is 0 Å². The van der Waals surface area contributed by atoms with Crippen LogP contribution in [0.4, 0.5) is 5.69 Å². The number of benzene rings is 2. The molecule has 194 valence electrons. The first-order valence-corrected chi connectivity index (χ1v) is 14.4. The maximum Gasteiger partial charge on any atom is 0.338 e. The van der Waals surface area contributed by atoms with E-state index in [1.54, 1.807) is 55.1 Å². The first kappa shape index (κ1) is 23.7. The van der Waals surface area contributed by atoms with Gasteiger partial charge in [0, 0.05) is 21.6 Å². The second kappa shape index (κ2) is 8.57. The molecule has 3 fully saturated rings. The lowest BCUT2D eigenvalue weighted by Gasteiger charge is -2.43. The maximum absolute atomic E-state index is 13.8. The molecule has 2 N–H and O–H groups in total. The van der Waals surface area contributed by atoms with Crippen molar-refractivity contribution >= 4 is 46.6 Å². The number of H-pyrrole nitrogens is 1. The monoisotopic (exact) mass is 548 g/mol. The van der Waals surface area contributed by atoms with Crippen molar-refractivity contribution in [3.63, 3.8) is 0 Å². The van der Waals surface area contributed by atoms with Gasteiger partial charge in [-0.2, -0.15) is 0 Å². The Labute approximate surface area is 226 Å². The second-order valence-corrected chi connectivity index (χ2v) is 12.5. The van der Waals surface area contributed by atoms with E-state index in [9.17, 15) is 24.3 Å². The van der Waals surface area contributed by atoms with E-state index < -0.39 is 17.8 Å². The van der Waals surface area contributed by atoms with Crippen LogP contribution in [0.1, 0.15) is 40.1 Å². The highest BCUT2D eigenvalue weighted by atomic mass is 32.2. The number of thioether (sulfide) groups is 1. The number of fused-ring (bicyclic) bond motifs is 9. The number of aromatic nitrogens is 1. The Hall–Kier alpha value is -3.37. The number of nitrogens with one attached hydrogen (secondary N) is 1. The summed E-state index contributed by atoms with van der Waals surface area (Å²) < 4.78 is 5.04. The molecule has 7 atom stereocenters. The predicted octanol–water partition coefficient (Wildman–Crippen LogP) is 4.00. The molecule has 38 heavy (non-hydrogen) atoms. The molecule has 2 saturated carbocycles. The average molecular weight is 549 g/mol. The molecule has 10 heteroatoms. The number of imide groups is 1. The van der Waals surface area contributed by atoms with Crippen molar-refractivity contribution in [2.45, 2.75) is 29.5 Å². The minimum Gasteiger partial charge on any atom is -0.508 e. The molecule has 2 aliphatic carbocycles. The highest BCUT2D eigenvalue weighted by Gasteiger charge is 2.69. The Morgan fingerprint density at radius 1 is 1.05 bits per heavy atom. The first-order valence-electron chi connectivity index (χ1n) is 12.7. The van der Waals surface area contributed by atoms with Crippen LogP contribution in [0.5, 0.6) is 5.75 Å². The van der Waals surface area contributed by atoms with E-state index in [-0.39, 0.29) is 58.0 Å².